The SMILES string of the molecule is Cc1c(-c2cc3cc(N(C(=O)O)[C@@H]4COC[C@@H]4C)ncc3c(N)c2F)cnc2c1NCCO2. The van der Waals surface area contributed by atoms with Crippen LogP contribution in [0.3, 0.4) is 0 Å². The van der Waals surface area contributed by atoms with Gasteiger partial charge in [-0.15, -0.1) is 0 Å². The first-order chi connectivity index (χ1) is 15.9. The van der Waals surface area contributed by atoms with E-state index in [0.717, 1.165) is 11.3 Å². The van der Waals surface area contributed by atoms with Crippen LogP contribution in [0.2, 0.25) is 0 Å². The van der Waals surface area contributed by atoms with E-state index in [1.165, 1.54) is 11.1 Å². The van der Waals surface area contributed by atoms with Crippen molar-refractivity contribution in [2.45, 2.75) is 19.9 Å². The Morgan fingerprint density at radius 2 is 2.09 bits per heavy atom. The van der Waals surface area contributed by atoms with Gasteiger partial charge in [-0.25, -0.2) is 19.2 Å². The van der Waals surface area contributed by atoms with Crippen molar-refractivity contribution in [3.8, 4) is 17.0 Å². The van der Waals surface area contributed by atoms with Crippen LogP contribution in [0.1, 0.15) is 12.5 Å². The first-order valence-electron chi connectivity index (χ1n) is 10.7. The molecule has 0 saturated carbocycles. The number of ether oxygens (including phenoxy) is 2. The van der Waals surface area contributed by atoms with E-state index in [2.05, 4.69) is 15.3 Å². The smallest absolute Gasteiger partial charge is 0.413 e. The predicted octanol–water partition coefficient (Wildman–Crippen LogP) is 3.65. The van der Waals surface area contributed by atoms with Crippen molar-refractivity contribution in [2.75, 3.05) is 42.3 Å². The minimum atomic E-state index is -1.12. The molecule has 0 unspecified atom stereocenters. The molecule has 4 heterocycles. The molecule has 4 N–H and O–H groups in total. The molecule has 1 saturated heterocycles. The fourth-order valence-electron chi connectivity index (χ4n) is 4.50. The van der Waals surface area contributed by atoms with E-state index in [-0.39, 0.29) is 29.0 Å². The number of carboxylic acid groups (broad SMARTS) is 1. The maximum Gasteiger partial charge on any atom is 0.413 e. The zero-order valence-electron chi connectivity index (χ0n) is 18.3. The molecule has 0 bridgehead atoms. The summed E-state index contributed by atoms with van der Waals surface area (Å²) in [5.74, 6) is 0.163. The number of halogens is 1. The standard InChI is InChI=1S/C23H24FN5O4/c1-11-9-32-10-17(11)29(23(30)31)18-6-13-5-14(19(24)20(25)16(13)8-27-18)15-7-28-22-21(12(15)2)26-3-4-33-22/h5-8,11,17,26H,3-4,9-10,25H2,1-2H3,(H,30,31)/t11-,17+/m0/s1. The molecule has 2 aromatic heterocycles. The lowest BCUT2D eigenvalue weighted by atomic mass is 9.97. The molecule has 33 heavy (non-hydrogen) atoms. The molecular weight excluding hydrogens is 429 g/mol. The highest BCUT2D eigenvalue weighted by molar-refractivity contribution is 5.99. The summed E-state index contributed by atoms with van der Waals surface area (Å²) in [5, 5.41) is 14.1. The van der Waals surface area contributed by atoms with Crippen LogP contribution in [0.4, 0.5) is 26.4 Å². The Hall–Kier alpha value is -3.66. The Bertz CT molecular complexity index is 1270. The number of benzene rings is 1. The van der Waals surface area contributed by atoms with Gasteiger partial charge in [-0.1, -0.05) is 6.92 Å². The predicted molar refractivity (Wildman–Crippen MR) is 122 cm³/mol. The quantitative estimate of drug-likeness (QED) is 0.514. The lowest BCUT2D eigenvalue weighted by Gasteiger charge is -2.27. The molecule has 10 heteroatoms. The van der Waals surface area contributed by atoms with Gasteiger partial charge in [0.2, 0.25) is 5.88 Å². The number of nitrogen functional groups attached to an aromatic ring is 1. The van der Waals surface area contributed by atoms with Gasteiger partial charge < -0.3 is 25.6 Å². The van der Waals surface area contributed by atoms with Crippen molar-refractivity contribution < 1.29 is 23.8 Å². The molecule has 0 aliphatic carbocycles. The maximum atomic E-state index is 15.4. The number of pyridine rings is 2. The van der Waals surface area contributed by atoms with Crippen LogP contribution in [0.15, 0.2) is 24.5 Å². The Morgan fingerprint density at radius 1 is 1.27 bits per heavy atom. The second-order valence-corrected chi connectivity index (χ2v) is 8.40. The number of fused-ring (bicyclic) bond motifs is 2. The van der Waals surface area contributed by atoms with Gasteiger partial charge in [0.05, 0.1) is 24.9 Å². The summed E-state index contributed by atoms with van der Waals surface area (Å²) in [7, 11) is 0. The maximum absolute atomic E-state index is 15.4. The zero-order chi connectivity index (χ0) is 23.3. The van der Waals surface area contributed by atoms with Gasteiger partial charge in [-0.3, -0.25) is 4.90 Å². The van der Waals surface area contributed by atoms with Gasteiger partial charge >= 0.3 is 6.09 Å². The molecule has 172 valence electrons. The van der Waals surface area contributed by atoms with E-state index in [9.17, 15) is 9.90 Å². The van der Waals surface area contributed by atoms with E-state index in [1.54, 1.807) is 18.3 Å². The van der Waals surface area contributed by atoms with Crippen molar-refractivity contribution in [2.24, 2.45) is 5.92 Å². The molecular formula is C23H24FN5O4. The number of nitrogens with one attached hydrogen (secondary N) is 1. The number of nitrogens with zero attached hydrogens (tertiary/aromatic N) is 3. The van der Waals surface area contributed by atoms with E-state index < -0.39 is 11.9 Å². The fourth-order valence-corrected chi connectivity index (χ4v) is 4.50. The molecule has 1 fully saturated rings. The van der Waals surface area contributed by atoms with Gasteiger partial charge in [0.15, 0.2) is 5.82 Å². The second kappa shape index (κ2) is 8.04. The average Bonchev–Trinajstić information content (AvgIpc) is 3.22. The fraction of sp³-hybridized carbons (Fsp3) is 0.348. The van der Waals surface area contributed by atoms with Gasteiger partial charge in [0.25, 0.3) is 0 Å². The molecule has 1 aromatic carbocycles. The first-order valence-corrected chi connectivity index (χ1v) is 10.7. The molecule has 9 nitrogen and oxygen atoms in total. The van der Waals surface area contributed by atoms with Crippen LogP contribution in [-0.4, -0.2) is 53.6 Å². The Labute approximate surface area is 189 Å². The zero-order valence-corrected chi connectivity index (χ0v) is 18.3. The van der Waals surface area contributed by atoms with Crippen molar-refractivity contribution in [1.82, 2.24) is 9.97 Å². The number of aromatic nitrogens is 2. The van der Waals surface area contributed by atoms with Gasteiger partial charge in [0.1, 0.15) is 18.1 Å². The molecule has 0 radical (unpaired) electrons. The van der Waals surface area contributed by atoms with E-state index in [0.29, 0.717) is 48.6 Å². The highest BCUT2D eigenvalue weighted by atomic mass is 19.1. The van der Waals surface area contributed by atoms with Crippen LogP contribution in [0.5, 0.6) is 5.88 Å². The van der Waals surface area contributed by atoms with Crippen LogP contribution < -0.4 is 20.7 Å². The number of nitrogens with two attached hydrogens (primary N) is 1. The number of carbonyl (C=O) groups is 1. The third kappa shape index (κ3) is 3.46. The van der Waals surface area contributed by atoms with Crippen molar-refractivity contribution in [1.29, 1.82) is 0 Å². The highest BCUT2D eigenvalue weighted by Gasteiger charge is 2.35. The lowest BCUT2D eigenvalue weighted by molar-refractivity contribution is 0.181. The third-order valence-electron chi connectivity index (χ3n) is 6.33. The summed E-state index contributed by atoms with van der Waals surface area (Å²) in [6.07, 6.45) is 1.85. The second-order valence-electron chi connectivity index (χ2n) is 8.40. The summed E-state index contributed by atoms with van der Waals surface area (Å²) in [6.45, 7) is 5.71. The molecule has 2 aliphatic heterocycles. The van der Waals surface area contributed by atoms with Gasteiger partial charge in [-0.05, 0) is 30.0 Å². The molecule has 0 spiro atoms. The first kappa shape index (κ1) is 21.2. The van der Waals surface area contributed by atoms with Crippen molar-refractivity contribution in [3.63, 3.8) is 0 Å². The van der Waals surface area contributed by atoms with E-state index in [1.807, 2.05) is 13.8 Å². The van der Waals surface area contributed by atoms with E-state index in [4.69, 9.17) is 15.2 Å². The van der Waals surface area contributed by atoms with Crippen LogP contribution in [0.25, 0.3) is 21.9 Å². The van der Waals surface area contributed by atoms with Gasteiger partial charge in [0, 0.05) is 41.4 Å². The minimum Gasteiger partial charge on any atom is -0.474 e. The summed E-state index contributed by atoms with van der Waals surface area (Å²) >= 11 is 0. The largest absolute Gasteiger partial charge is 0.474 e. The monoisotopic (exact) mass is 453 g/mol. The topological polar surface area (TPSA) is 123 Å². The average molecular weight is 453 g/mol. The summed E-state index contributed by atoms with van der Waals surface area (Å²) in [4.78, 5) is 21.9. The molecule has 2 atom stereocenters. The summed E-state index contributed by atoms with van der Waals surface area (Å²) in [6, 6.07) is 2.92. The van der Waals surface area contributed by atoms with Crippen LogP contribution in [0, 0.1) is 18.7 Å². The molecule has 1 amide bonds. The van der Waals surface area contributed by atoms with Gasteiger partial charge in [-0.2, -0.15) is 0 Å². The normalized spacial score (nSPS) is 19.6. The molecule has 2 aliphatic rings. The number of anilines is 3. The van der Waals surface area contributed by atoms with E-state index >= 15 is 4.39 Å². The summed E-state index contributed by atoms with van der Waals surface area (Å²) < 4.78 is 26.4. The van der Waals surface area contributed by atoms with Crippen LogP contribution >= 0.6 is 0 Å². The number of rotatable bonds is 3. The Kier molecular flexibility index (Phi) is 5.16. The Morgan fingerprint density at radius 3 is 2.82 bits per heavy atom. The number of hydrogen-bond acceptors (Lipinski definition) is 7. The lowest BCUT2D eigenvalue weighted by Crippen LogP contribution is -2.43. The third-order valence-corrected chi connectivity index (χ3v) is 6.33. The minimum absolute atomic E-state index is 0.0198. The van der Waals surface area contributed by atoms with Crippen molar-refractivity contribution >= 4 is 34.1 Å². The van der Waals surface area contributed by atoms with Crippen molar-refractivity contribution in [3.05, 3.63) is 35.9 Å². The highest BCUT2D eigenvalue weighted by Crippen LogP contribution is 2.40. The van der Waals surface area contributed by atoms with Crippen LogP contribution in [-0.2, 0) is 4.74 Å². The number of hydrogen-bond donors (Lipinski definition) is 3. The molecule has 5 rings (SSSR count). The number of amides is 1. The molecule has 3 aromatic rings. The summed E-state index contributed by atoms with van der Waals surface area (Å²) in [5.41, 5.74) is 8.45. The Balaban J connectivity index is 1.65.